The van der Waals surface area contributed by atoms with Gasteiger partial charge in [-0.05, 0) is 47.5 Å². The van der Waals surface area contributed by atoms with Crippen LogP contribution in [0.15, 0.2) is 97.1 Å². The molecule has 0 aliphatic carbocycles. The van der Waals surface area contributed by atoms with Crippen LogP contribution in [0.3, 0.4) is 0 Å². The van der Waals surface area contributed by atoms with Gasteiger partial charge in [-0.25, -0.2) is 0 Å². The van der Waals surface area contributed by atoms with Crippen LogP contribution in [0.2, 0.25) is 5.02 Å². The molecule has 4 aromatic carbocycles. The van der Waals surface area contributed by atoms with E-state index in [0.29, 0.717) is 11.6 Å². The number of halogens is 1. The summed E-state index contributed by atoms with van der Waals surface area (Å²) in [5.74, 6) is 2.21. The van der Waals surface area contributed by atoms with Crippen LogP contribution in [0.5, 0.6) is 17.2 Å². The molecule has 0 aromatic heterocycles. The van der Waals surface area contributed by atoms with Gasteiger partial charge in [0.1, 0.15) is 23.9 Å². The minimum absolute atomic E-state index is 0.408. The molecule has 0 heterocycles. The molecule has 4 aromatic rings. The number of ether oxygens (including phenoxy) is 2. The van der Waals surface area contributed by atoms with Crippen molar-refractivity contribution >= 4 is 11.6 Å². The van der Waals surface area contributed by atoms with Gasteiger partial charge in [0.2, 0.25) is 0 Å². The average Bonchev–Trinajstić information content (AvgIpc) is 2.75. The van der Waals surface area contributed by atoms with Gasteiger partial charge in [-0.3, -0.25) is 0 Å². The lowest BCUT2D eigenvalue weighted by molar-refractivity contribution is 0.305. The first-order valence-electron chi connectivity index (χ1n) is 8.99. The Morgan fingerprint density at radius 3 is 2.29 bits per heavy atom. The second kappa shape index (κ2) is 8.64. The molecule has 0 amide bonds. The van der Waals surface area contributed by atoms with Gasteiger partial charge in [0.25, 0.3) is 0 Å². The Morgan fingerprint density at radius 1 is 0.714 bits per heavy atom. The Kier molecular flexibility index (Phi) is 5.60. The Bertz CT molecular complexity index is 1040. The van der Waals surface area contributed by atoms with E-state index in [2.05, 4.69) is 6.07 Å². The van der Waals surface area contributed by atoms with Gasteiger partial charge >= 0.3 is 0 Å². The third kappa shape index (κ3) is 4.54. The Morgan fingerprint density at radius 2 is 1.50 bits per heavy atom. The standard InChI is InChI=1S/C25H18ClO2/c26-25-12-5-4-9-21(25)18-27-23-10-6-11-24(17-23)28-22-15-13-20(14-16-22)19-7-2-1-3-8-19/h1-7,9-17H,18H2. The van der Waals surface area contributed by atoms with Crippen molar-refractivity contribution in [3.05, 3.63) is 114 Å². The van der Waals surface area contributed by atoms with Gasteiger partial charge in [0.05, 0.1) is 0 Å². The van der Waals surface area contributed by atoms with Crippen LogP contribution in [0.25, 0.3) is 11.1 Å². The Balaban J connectivity index is 1.42. The highest BCUT2D eigenvalue weighted by molar-refractivity contribution is 6.31. The summed E-state index contributed by atoms with van der Waals surface area (Å²) in [6.07, 6.45) is 0. The SMILES string of the molecule is Clc1ccccc1COc1cccc(Oc2ccc(-c3[c]cccc3)cc2)c1. The lowest BCUT2D eigenvalue weighted by Crippen LogP contribution is -1.96. The molecule has 28 heavy (non-hydrogen) atoms. The maximum atomic E-state index is 6.18. The maximum Gasteiger partial charge on any atom is 0.131 e. The second-order valence-electron chi connectivity index (χ2n) is 6.26. The number of benzene rings is 4. The quantitative estimate of drug-likeness (QED) is 0.350. The molecule has 2 nitrogen and oxygen atoms in total. The van der Waals surface area contributed by atoms with E-state index in [1.807, 2.05) is 97.1 Å². The molecule has 0 saturated heterocycles. The first-order valence-corrected chi connectivity index (χ1v) is 9.37. The minimum Gasteiger partial charge on any atom is -0.489 e. The Labute approximate surface area is 169 Å². The smallest absolute Gasteiger partial charge is 0.131 e. The topological polar surface area (TPSA) is 18.5 Å². The van der Waals surface area contributed by atoms with Crippen molar-refractivity contribution < 1.29 is 9.47 Å². The number of rotatable bonds is 6. The monoisotopic (exact) mass is 385 g/mol. The van der Waals surface area contributed by atoms with Crippen LogP contribution in [0.4, 0.5) is 0 Å². The van der Waals surface area contributed by atoms with Crippen molar-refractivity contribution in [1.29, 1.82) is 0 Å². The average molecular weight is 386 g/mol. The summed E-state index contributed by atoms with van der Waals surface area (Å²) in [5.41, 5.74) is 3.11. The molecule has 0 N–H and O–H groups in total. The molecule has 0 atom stereocenters. The third-order valence-corrected chi connectivity index (χ3v) is 4.64. The van der Waals surface area contributed by atoms with Crippen molar-refractivity contribution in [3.8, 4) is 28.4 Å². The third-order valence-electron chi connectivity index (χ3n) is 4.27. The summed E-state index contributed by atoms with van der Waals surface area (Å²) in [6.45, 7) is 0.408. The van der Waals surface area contributed by atoms with E-state index in [1.54, 1.807) is 0 Å². The number of hydrogen-bond donors (Lipinski definition) is 0. The summed E-state index contributed by atoms with van der Waals surface area (Å²) in [7, 11) is 0. The Hall–Kier alpha value is -3.23. The van der Waals surface area contributed by atoms with E-state index in [-0.39, 0.29) is 0 Å². The lowest BCUT2D eigenvalue weighted by atomic mass is 10.1. The normalized spacial score (nSPS) is 10.5. The molecule has 0 saturated carbocycles. The molecule has 0 aliphatic rings. The molecule has 137 valence electrons. The molecule has 0 unspecified atom stereocenters. The lowest BCUT2D eigenvalue weighted by Gasteiger charge is -2.10. The zero-order valence-electron chi connectivity index (χ0n) is 15.1. The summed E-state index contributed by atoms with van der Waals surface area (Å²) in [4.78, 5) is 0. The van der Waals surface area contributed by atoms with Crippen molar-refractivity contribution in [1.82, 2.24) is 0 Å². The van der Waals surface area contributed by atoms with Crippen LogP contribution < -0.4 is 9.47 Å². The molecule has 0 aliphatic heterocycles. The van der Waals surface area contributed by atoms with E-state index in [1.165, 1.54) is 0 Å². The zero-order chi connectivity index (χ0) is 19.2. The second-order valence-corrected chi connectivity index (χ2v) is 6.66. The van der Waals surface area contributed by atoms with Crippen LogP contribution in [-0.2, 0) is 6.61 Å². The van der Waals surface area contributed by atoms with E-state index in [0.717, 1.165) is 33.9 Å². The number of hydrogen-bond acceptors (Lipinski definition) is 2. The molecule has 0 fully saturated rings. The molecular formula is C25H18ClO2. The van der Waals surface area contributed by atoms with Gasteiger partial charge in [-0.2, -0.15) is 0 Å². The zero-order valence-corrected chi connectivity index (χ0v) is 15.9. The van der Waals surface area contributed by atoms with Crippen LogP contribution in [0, 0.1) is 6.07 Å². The maximum absolute atomic E-state index is 6.18. The van der Waals surface area contributed by atoms with Gasteiger partial charge in [0.15, 0.2) is 0 Å². The van der Waals surface area contributed by atoms with Crippen molar-refractivity contribution in [2.24, 2.45) is 0 Å². The summed E-state index contributed by atoms with van der Waals surface area (Å²) >= 11 is 6.18. The highest BCUT2D eigenvalue weighted by Gasteiger charge is 2.04. The molecule has 3 heteroatoms. The van der Waals surface area contributed by atoms with Crippen LogP contribution in [0.1, 0.15) is 5.56 Å². The first kappa shape index (κ1) is 18.1. The van der Waals surface area contributed by atoms with E-state index >= 15 is 0 Å². The summed E-state index contributed by atoms with van der Waals surface area (Å²) < 4.78 is 11.8. The highest BCUT2D eigenvalue weighted by atomic mass is 35.5. The minimum atomic E-state index is 0.408. The molecule has 0 spiro atoms. The van der Waals surface area contributed by atoms with Crippen molar-refractivity contribution in [2.75, 3.05) is 0 Å². The van der Waals surface area contributed by atoms with E-state index in [4.69, 9.17) is 21.1 Å². The fraction of sp³-hybridized carbons (Fsp3) is 0.0400. The van der Waals surface area contributed by atoms with Gasteiger partial charge in [-0.15, -0.1) is 0 Å². The predicted octanol–water partition coefficient (Wildman–Crippen LogP) is 7.18. The van der Waals surface area contributed by atoms with Gasteiger partial charge in [-0.1, -0.05) is 72.3 Å². The largest absolute Gasteiger partial charge is 0.489 e. The molecule has 0 bridgehead atoms. The van der Waals surface area contributed by atoms with Crippen LogP contribution >= 0.6 is 11.6 Å². The predicted molar refractivity (Wildman–Crippen MR) is 113 cm³/mol. The highest BCUT2D eigenvalue weighted by Crippen LogP contribution is 2.28. The van der Waals surface area contributed by atoms with E-state index in [9.17, 15) is 0 Å². The van der Waals surface area contributed by atoms with Crippen molar-refractivity contribution in [3.63, 3.8) is 0 Å². The van der Waals surface area contributed by atoms with Crippen molar-refractivity contribution in [2.45, 2.75) is 6.61 Å². The van der Waals surface area contributed by atoms with Crippen LogP contribution in [-0.4, -0.2) is 0 Å². The first-order chi connectivity index (χ1) is 13.8. The fourth-order valence-corrected chi connectivity index (χ4v) is 3.01. The fourth-order valence-electron chi connectivity index (χ4n) is 2.82. The molecule has 4 rings (SSSR count). The van der Waals surface area contributed by atoms with Gasteiger partial charge < -0.3 is 9.47 Å². The summed E-state index contributed by atoms with van der Waals surface area (Å²) in [6, 6.07) is 34.3. The van der Waals surface area contributed by atoms with Gasteiger partial charge in [0, 0.05) is 16.7 Å². The molecule has 1 radical (unpaired) electrons. The molecular weight excluding hydrogens is 368 g/mol. The van der Waals surface area contributed by atoms with E-state index < -0.39 is 0 Å². The summed E-state index contributed by atoms with van der Waals surface area (Å²) in [5, 5.41) is 0.700.